The Hall–Kier alpha value is -1.32. The van der Waals surface area contributed by atoms with Gasteiger partial charge in [0.25, 0.3) is 5.91 Å². The van der Waals surface area contributed by atoms with Crippen molar-refractivity contribution in [3.8, 4) is 0 Å². The summed E-state index contributed by atoms with van der Waals surface area (Å²) in [6.45, 7) is 16.2. The average Bonchev–Trinajstić information content (AvgIpc) is 2.31. The predicted octanol–water partition coefficient (Wildman–Crippen LogP) is 3.77. The molecule has 0 rings (SSSR count). The number of rotatable bonds is 8. The minimum atomic E-state index is -0.329. The van der Waals surface area contributed by atoms with Crippen LogP contribution in [0.5, 0.6) is 0 Å². The first-order valence-electron chi connectivity index (χ1n) is 8.15. The first kappa shape index (κ1) is 20.7. The summed E-state index contributed by atoms with van der Waals surface area (Å²) in [7, 11) is 0. The Bertz CT molecular complexity index is 421. The van der Waals surface area contributed by atoms with E-state index < -0.39 is 0 Å². The van der Waals surface area contributed by atoms with Gasteiger partial charge in [0.2, 0.25) is 5.91 Å². The van der Waals surface area contributed by atoms with Gasteiger partial charge in [0.15, 0.2) is 0 Å². The average molecular weight is 310 g/mol. The minimum absolute atomic E-state index is 0.158. The molecule has 0 aromatic carbocycles. The largest absolute Gasteiger partial charge is 0.346 e. The summed E-state index contributed by atoms with van der Waals surface area (Å²) in [4.78, 5) is 23.4. The summed E-state index contributed by atoms with van der Waals surface area (Å²) in [5.41, 5.74) is 0.135. The van der Waals surface area contributed by atoms with Gasteiger partial charge < -0.3 is 10.6 Å². The highest BCUT2D eigenvalue weighted by molar-refractivity contribution is 5.97. The Kier molecular flexibility index (Phi) is 7.85. The fourth-order valence-corrected chi connectivity index (χ4v) is 2.83. The molecule has 0 unspecified atom stereocenters. The molecule has 0 aromatic heterocycles. The number of hydrogen-bond donors (Lipinski definition) is 2. The van der Waals surface area contributed by atoms with Crippen molar-refractivity contribution in [1.82, 2.24) is 10.6 Å². The zero-order chi connectivity index (χ0) is 17.6. The van der Waals surface area contributed by atoms with E-state index in [0.717, 1.165) is 12.8 Å². The summed E-state index contributed by atoms with van der Waals surface area (Å²) in [5, 5.41) is 5.60. The molecule has 2 N–H and O–H groups in total. The van der Waals surface area contributed by atoms with Gasteiger partial charge in [0, 0.05) is 12.5 Å². The lowest BCUT2D eigenvalue weighted by Crippen LogP contribution is -2.48. The molecule has 128 valence electrons. The number of allylic oxidation sites excluding steroid dienone is 1. The molecular formula is C18H34N2O2. The molecule has 0 spiro atoms. The van der Waals surface area contributed by atoms with Gasteiger partial charge >= 0.3 is 0 Å². The molecule has 22 heavy (non-hydrogen) atoms. The van der Waals surface area contributed by atoms with E-state index >= 15 is 0 Å². The van der Waals surface area contributed by atoms with Gasteiger partial charge in [-0.2, -0.15) is 0 Å². The van der Waals surface area contributed by atoms with Crippen LogP contribution in [0.25, 0.3) is 0 Å². The third-order valence-corrected chi connectivity index (χ3v) is 3.61. The van der Waals surface area contributed by atoms with Crippen LogP contribution in [-0.2, 0) is 9.59 Å². The molecule has 2 amide bonds. The van der Waals surface area contributed by atoms with Crippen molar-refractivity contribution < 1.29 is 9.59 Å². The van der Waals surface area contributed by atoms with Crippen molar-refractivity contribution in [3.05, 3.63) is 11.8 Å². The van der Waals surface area contributed by atoms with E-state index in [1.54, 1.807) is 13.0 Å². The molecule has 0 heterocycles. The van der Waals surface area contributed by atoms with E-state index in [2.05, 4.69) is 38.3 Å². The Morgan fingerprint density at radius 1 is 1.14 bits per heavy atom. The van der Waals surface area contributed by atoms with Crippen LogP contribution < -0.4 is 10.6 Å². The van der Waals surface area contributed by atoms with Crippen LogP contribution in [0, 0.1) is 11.3 Å². The number of carbonyl (C=O) groups is 2. The highest BCUT2D eigenvalue weighted by atomic mass is 16.2. The Morgan fingerprint density at radius 3 is 2.09 bits per heavy atom. The first-order valence-corrected chi connectivity index (χ1v) is 8.15. The lowest BCUT2D eigenvalue weighted by atomic mass is 9.76. The lowest BCUT2D eigenvalue weighted by molar-refractivity contribution is -0.123. The first-order chi connectivity index (χ1) is 9.88. The van der Waals surface area contributed by atoms with Crippen LogP contribution in [0.3, 0.4) is 0 Å². The zero-order valence-electron chi connectivity index (χ0n) is 15.6. The van der Waals surface area contributed by atoms with Crippen LogP contribution in [-0.4, -0.2) is 17.4 Å². The molecule has 4 nitrogen and oxygen atoms in total. The van der Waals surface area contributed by atoms with Crippen LogP contribution in [0.4, 0.5) is 0 Å². The lowest BCUT2D eigenvalue weighted by Gasteiger charge is -2.36. The van der Waals surface area contributed by atoms with E-state index in [1.165, 1.54) is 13.3 Å². The van der Waals surface area contributed by atoms with Crippen molar-refractivity contribution in [1.29, 1.82) is 0 Å². The second-order valence-electron chi connectivity index (χ2n) is 8.00. The molecule has 4 heteroatoms. The number of amides is 2. The van der Waals surface area contributed by atoms with E-state index in [-0.39, 0.29) is 22.8 Å². The fraction of sp³-hybridized carbons (Fsp3) is 0.778. The molecule has 0 bridgehead atoms. The van der Waals surface area contributed by atoms with Gasteiger partial charge in [-0.25, -0.2) is 0 Å². The fourth-order valence-electron chi connectivity index (χ4n) is 2.83. The highest BCUT2D eigenvalue weighted by Gasteiger charge is 2.30. The van der Waals surface area contributed by atoms with Crippen molar-refractivity contribution in [2.75, 3.05) is 0 Å². The molecule has 0 saturated carbocycles. The summed E-state index contributed by atoms with van der Waals surface area (Å²) < 4.78 is 0. The van der Waals surface area contributed by atoms with Crippen molar-refractivity contribution in [3.63, 3.8) is 0 Å². The van der Waals surface area contributed by atoms with Crippen LogP contribution in [0.2, 0.25) is 0 Å². The number of nitrogens with one attached hydrogen (secondary N) is 2. The molecule has 0 radical (unpaired) electrons. The summed E-state index contributed by atoms with van der Waals surface area (Å²) >= 11 is 0. The Morgan fingerprint density at radius 2 is 1.68 bits per heavy atom. The second kappa shape index (κ2) is 8.35. The Labute approximate surface area is 136 Å². The molecule has 0 fully saturated rings. The Balaban J connectivity index is 4.74. The number of carbonyl (C=O) groups excluding carboxylic acids is 2. The minimum Gasteiger partial charge on any atom is -0.346 e. The third-order valence-electron chi connectivity index (χ3n) is 3.61. The maximum absolute atomic E-state index is 12.3. The molecule has 0 saturated heterocycles. The van der Waals surface area contributed by atoms with Crippen LogP contribution in [0.15, 0.2) is 11.8 Å². The van der Waals surface area contributed by atoms with Gasteiger partial charge in [-0.1, -0.05) is 40.2 Å². The molecule has 0 aliphatic heterocycles. The van der Waals surface area contributed by atoms with E-state index in [4.69, 9.17) is 0 Å². The molecule has 0 aromatic rings. The van der Waals surface area contributed by atoms with Gasteiger partial charge in [-0.15, -0.1) is 0 Å². The SMILES string of the molecule is CC=C(NC(C)=O)C(=O)NC(C)(C)CC(C)(C)CCC(C)C. The van der Waals surface area contributed by atoms with Crippen LogP contribution in [0.1, 0.15) is 74.7 Å². The monoisotopic (exact) mass is 310 g/mol. The van der Waals surface area contributed by atoms with Gasteiger partial charge in [0.1, 0.15) is 5.70 Å². The standard InChI is InChI=1S/C18H34N2O2/c1-9-15(19-14(4)21)16(22)20-18(7,8)12-17(5,6)11-10-13(2)3/h9,13H,10-12H2,1-8H3,(H,19,21)(H,20,22). The third kappa shape index (κ3) is 8.85. The molecular weight excluding hydrogens is 276 g/mol. The maximum atomic E-state index is 12.3. The van der Waals surface area contributed by atoms with Gasteiger partial charge in [-0.05, 0) is 44.9 Å². The van der Waals surface area contributed by atoms with E-state index in [1.807, 2.05) is 13.8 Å². The predicted molar refractivity (Wildman–Crippen MR) is 92.3 cm³/mol. The quantitative estimate of drug-likeness (QED) is 0.670. The maximum Gasteiger partial charge on any atom is 0.267 e. The normalized spacial score (nSPS) is 13.2. The van der Waals surface area contributed by atoms with Crippen molar-refractivity contribution in [2.24, 2.45) is 11.3 Å². The van der Waals surface area contributed by atoms with Gasteiger partial charge in [0.05, 0.1) is 0 Å². The van der Waals surface area contributed by atoms with E-state index in [0.29, 0.717) is 11.6 Å². The summed E-state index contributed by atoms with van der Waals surface area (Å²) in [6.07, 6.45) is 4.82. The smallest absolute Gasteiger partial charge is 0.267 e. The summed E-state index contributed by atoms with van der Waals surface area (Å²) in [5.74, 6) is 0.215. The van der Waals surface area contributed by atoms with Crippen molar-refractivity contribution in [2.45, 2.75) is 80.2 Å². The van der Waals surface area contributed by atoms with E-state index in [9.17, 15) is 9.59 Å². The van der Waals surface area contributed by atoms with Crippen LogP contribution >= 0.6 is 0 Å². The zero-order valence-corrected chi connectivity index (χ0v) is 15.6. The molecule has 0 aliphatic carbocycles. The van der Waals surface area contributed by atoms with Crippen molar-refractivity contribution >= 4 is 11.8 Å². The highest BCUT2D eigenvalue weighted by Crippen LogP contribution is 2.33. The topological polar surface area (TPSA) is 58.2 Å². The summed E-state index contributed by atoms with van der Waals surface area (Å²) in [6, 6.07) is 0. The number of hydrogen-bond acceptors (Lipinski definition) is 2. The molecule has 0 aliphatic rings. The van der Waals surface area contributed by atoms with Gasteiger partial charge in [-0.3, -0.25) is 9.59 Å². The molecule has 0 atom stereocenters. The second-order valence-corrected chi connectivity index (χ2v) is 8.00.